The molecule has 128 valence electrons. The summed E-state index contributed by atoms with van der Waals surface area (Å²) in [5, 5.41) is 12.5. The Morgan fingerprint density at radius 2 is 1.61 bits per heavy atom. The first-order chi connectivity index (χ1) is 10.4. The summed E-state index contributed by atoms with van der Waals surface area (Å²) < 4.78 is 0. The van der Waals surface area contributed by atoms with Crippen molar-refractivity contribution in [2.75, 3.05) is 26.2 Å². The van der Waals surface area contributed by atoms with Gasteiger partial charge in [0.05, 0.1) is 11.6 Å². The second-order valence-electron chi connectivity index (χ2n) is 6.36. The lowest BCUT2D eigenvalue weighted by atomic mass is 9.80. The van der Waals surface area contributed by atoms with Crippen molar-refractivity contribution in [2.45, 2.75) is 38.1 Å². The van der Waals surface area contributed by atoms with Crippen LogP contribution >= 0.6 is 24.8 Å². The lowest BCUT2D eigenvalue weighted by Crippen LogP contribution is -2.47. The summed E-state index contributed by atoms with van der Waals surface area (Å²) in [5.74, 6) is 0.782. The maximum absolute atomic E-state index is 9.00. The SMILES string of the molecule is Cl.Cl.N#Cc1ccc([C@H](C2CCCCC2)N2CCNCC2)cc1. The van der Waals surface area contributed by atoms with Gasteiger partial charge in [-0.15, -0.1) is 24.8 Å². The highest BCUT2D eigenvalue weighted by Crippen LogP contribution is 2.38. The van der Waals surface area contributed by atoms with Crippen LogP contribution in [-0.4, -0.2) is 31.1 Å². The Kier molecular flexibility index (Phi) is 8.94. The molecule has 1 atom stereocenters. The van der Waals surface area contributed by atoms with E-state index in [1.807, 2.05) is 12.1 Å². The van der Waals surface area contributed by atoms with Gasteiger partial charge in [-0.1, -0.05) is 31.4 Å². The van der Waals surface area contributed by atoms with Crippen molar-refractivity contribution in [1.82, 2.24) is 10.2 Å². The Morgan fingerprint density at radius 3 is 2.17 bits per heavy atom. The number of nitrogens with one attached hydrogen (secondary N) is 1. The number of nitrogens with zero attached hydrogens (tertiary/aromatic N) is 2. The number of rotatable bonds is 3. The molecular formula is C18H27Cl2N3. The summed E-state index contributed by atoms with van der Waals surface area (Å²) in [4.78, 5) is 2.66. The van der Waals surface area contributed by atoms with Crippen LogP contribution < -0.4 is 5.32 Å². The summed E-state index contributed by atoms with van der Waals surface area (Å²) in [6.07, 6.45) is 6.87. The van der Waals surface area contributed by atoms with Crippen LogP contribution in [0.15, 0.2) is 24.3 Å². The summed E-state index contributed by atoms with van der Waals surface area (Å²) in [6.45, 7) is 4.47. The van der Waals surface area contributed by atoms with Gasteiger partial charge in [-0.3, -0.25) is 4.90 Å². The van der Waals surface area contributed by atoms with E-state index in [-0.39, 0.29) is 24.8 Å². The van der Waals surface area contributed by atoms with Crippen molar-refractivity contribution in [2.24, 2.45) is 5.92 Å². The summed E-state index contributed by atoms with van der Waals surface area (Å²) in [7, 11) is 0. The van der Waals surface area contributed by atoms with E-state index >= 15 is 0 Å². The molecule has 1 N–H and O–H groups in total. The number of hydrogen-bond acceptors (Lipinski definition) is 3. The van der Waals surface area contributed by atoms with Crippen LogP contribution in [0.2, 0.25) is 0 Å². The van der Waals surface area contributed by atoms with Crippen LogP contribution in [0.5, 0.6) is 0 Å². The highest BCUT2D eigenvalue weighted by atomic mass is 35.5. The molecule has 0 bridgehead atoms. The van der Waals surface area contributed by atoms with Gasteiger partial charge in [-0.2, -0.15) is 5.26 Å². The van der Waals surface area contributed by atoms with Gasteiger partial charge in [-0.05, 0) is 36.5 Å². The second-order valence-corrected chi connectivity index (χ2v) is 6.36. The van der Waals surface area contributed by atoms with E-state index in [0.717, 1.165) is 37.7 Å². The third-order valence-electron chi connectivity index (χ3n) is 5.02. The maximum Gasteiger partial charge on any atom is 0.0991 e. The highest BCUT2D eigenvalue weighted by Gasteiger charge is 2.30. The average Bonchev–Trinajstić information content (AvgIpc) is 2.58. The Hall–Kier alpha value is -0.790. The largest absolute Gasteiger partial charge is 0.314 e. The molecule has 2 aliphatic rings. The molecule has 1 aromatic rings. The molecule has 1 aliphatic carbocycles. The minimum Gasteiger partial charge on any atom is -0.314 e. The zero-order valence-corrected chi connectivity index (χ0v) is 15.2. The second kappa shape index (κ2) is 10.2. The smallest absolute Gasteiger partial charge is 0.0991 e. The predicted molar refractivity (Wildman–Crippen MR) is 99.4 cm³/mol. The zero-order chi connectivity index (χ0) is 14.5. The number of benzene rings is 1. The van der Waals surface area contributed by atoms with E-state index in [1.54, 1.807) is 0 Å². The summed E-state index contributed by atoms with van der Waals surface area (Å²) in [6, 6.07) is 11.1. The normalized spacial score (nSPS) is 20.7. The first kappa shape index (κ1) is 20.3. The van der Waals surface area contributed by atoms with Gasteiger partial charge in [0.25, 0.3) is 0 Å². The Morgan fingerprint density at radius 1 is 1.00 bits per heavy atom. The monoisotopic (exact) mass is 355 g/mol. The molecule has 1 saturated heterocycles. The molecule has 3 rings (SSSR count). The molecule has 2 fully saturated rings. The van der Waals surface area contributed by atoms with Gasteiger partial charge >= 0.3 is 0 Å². The average molecular weight is 356 g/mol. The van der Waals surface area contributed by atoms with E-state index < -0.39 is 0 Å². The molecule has 0 aromatic heterocycles. The first-order valence-corrected chi connectivity index (χ1v) is 8.33. The molecule has 1 aliphatic heterocycles. The molecule has 0 spiro atoms. The molecule has 1 heterocycles. The first-order valence-electron chi connectivity index (χ1n) is 8.33. The number of hydrogen-bond donors (Lipinski definition) is 1. The van der Waals surface area contributed by atoms with Gasteiger partial charge in [-0.25, -0.2) is 0 Å². The summed E-state index contributed by atoms with van der Waals surface area (Å²) >= 11 is 0. The topological polar surface area (TPSA) is 39.1 Å². The van der Waals surface area contributed by atoms with E-state index in [0.29, 0.717) is 6.04 Å². The van der Waals surface area contributed by atoms with Gasteiger partial charge in [0.15, 0.2) is 0 Å². The van der Waals surface area contributed by atoms with Crippen molar-refractivity contribution in [3.05, 3.63) is 35.4 Å². The van der Waals surface area contributed by atoms with Crippen molar-refractivity contribution >= 4 is 24.8 Å². The van der Waals surface area contributed by atoms with E-state index in [4.69, 9.17) is 5.26 Å². The van der Waals surface area contributed by atoms with Crippen LogP contribution in [0.1, 0.15) is 49.3 Å². The van der Waals surface area contributed by atoms with E-state index in [2.05, 4.69) is 28.4 Å². The van der Waals surface area contributed by atoms with Crippen LogP contribution in [0.4, 0.5) is 0 Å². The molecule has 0 unspecified atom stereocenters. The summed E-state index contributed by atoms with van der Waals surface area (Å²) in [5.41, 5.74) is 2.17. The number of nitriles is 1. The molecule has 3 nitrogen and oxygen atoms in total. The molecule has 0 radical (unpaired) electrons. The lowest BCUT2D eigenvalue weighted by molar-refractivity contribution is 0.103. The molecule has 1 saturated carbocycles. The van der Waals surface area contributed by atoms with Crippen LogP contribution in [-0.2, 0) is 0 Å². The Balaban J connectivity index is 0.00000132. The fourth-order valence-electron chi connectivity index (χ4n) is 3.95. The molecule has 0 amide bonds. The minimum absolute atomic E-state index is 0. The molecule has 5 heteroatoms. The number of halogens is 2. The standard InChI is InChI=1S/C18H25N3.2ClH/c19-14-15-6-8-17(9-7-15)18(16-4-2-1-3-5-16)21-12-10-20-11-13-21;;/h6-9,16,18,20H,1-5,10-13H2;2*1H/t18-;;/m0../s1. The van der Waals surface area contributed by atoms with Gasteiger partial charge in [0.2, 0.25) is 0 Å². The number of piperazine rings is 1. The van der Waals surface area contributed by atoms with Crippen molar-refractivity contribution < 1.29 is 0 Å². The van der Waals surface area contributed by atoms with Crippen molar-refractivity contribution in [3.8, 4) is 6.07 Å². The Labute approximate surface area is 152 Å². The van der Waals surface area contributed by atoms with Gasteiger partial charge in [0.1, 0.15) is 0 Å². The van der Waals surface area contributed by atoms with Crippen LogP contribution in [0.25, 0.3) is 0 Å². The highest BCUT2D eigenvalue weighted by molar-refractivity contribution is 5.85. The lowest BCUT2D eigenvalue weighted by Gasteiger charge is -2.41. The van der Waals surface area contributed by atoms with E-state index in [1.165, 1.54) is 37.7 Å². The maximum atomic E-state index is 9.00. The van der Waals surface area contributed by atoms with Crippen molar-refractivity contribution in [3.63, 3.8) is 0 Å². The third-order valence-corrected chi connectivity index (χ3v) is 5.02. The fourth-order valence-corrected chi connectivity index (χ4v) is 3.95. The molecule has 1 aromatic carbocycles. The quantitative estimate of drug-likeness (QED) is 0.892. The predicted octanol–water partition coefficient (Wildman–Crippen LogP) is 3.93. The van der Waals surface area contributed by atoms with Gasteiger partial charge < -0.3 is 5.32 Å². The van der Waals surface area contributed by atoms with Crippen LogP contribution in [0, 0.1) is 17.2 Å². The van der Waals surface area contributed by atoms with E-state index in [9.17, 15) is 0 Å². The third kappa shape index (κ3) is 5.09. The zero-order valence-electron chi connectivity index (χ0n) is 13.5. The van der Waals surface area contributed by atoms with Crippen LogP contribution in [0.3, 0.4) is 0 Å². The minimum atomic E-state index is 0. The Bertz CT molecular complexity index is 468. The fraction of sp³-hybridized carbons (Fsp3) is 0.611. The molecule has 23 heavy (non-hydrogen) atoms. The van der Waals surface area contributed by atoms with Gasteiger partial charge in [0, 0.05) is 32.2 Å². The van der Waals surface area contributed by atoms with Crippen molar-refractivity contribution in [1.29, 1.82) is 5.26 Å². The molecular weight excluding hydrogens is 329 g/mol.